The lowest BCUT2D eigenvalue weighted by molar-refractivity contribution is -0.137. The molecule has 1 aromatic carbocycles. The van der Waals surface area contributed by atoms with Crippen LogP contribution < -0.4 is 0 Å². The molecular weight excluding hydrogens is 233 g/mol. The molecule has 1 atom stereocenters. The van der Waals surface area contributed by atoms with Gasteiger partial charge in [-0.3, -0.25) is 0 Å². The molecule has 0 radical (unpaired) electrons. The third-order valence-corrected chi connectivity index (χ3v) is 2.72. The van der Waals surface area contributed by atoms with Crippen molar-refractivity contribution in [3.05, 3.63) is 35.4 Å². The first-order chi connectivity index (χ1) is 7.83. The average Bonchev–Trinajstić information content (AvgIpc) is 2.28. The first-order valence-electron chi connectivity index (χ1n) is 5.22. The summed E-state index contributed by atoms with van der Waals surface area (Å²) in [6, 6.07) is 4.49. The Kier molecular flexibility index (Phi) is 4.16. The molecule has 0 aliphatic heterocycles. The Bertz CT molecular complexity index is 359. The van der Waals surface area contributed by atoms with Crippen molar-refractivity contribution >= 4 is 0 Å². The summed E-state index contributed by atoms with van der Waals surface area (Å²) in [6.07, 6.45) is -3.99. The molecule has 96 valence electrons. The van der Waals surface area contributed by atoms with Crippen LogP contribution in [-0.4, -0.2) is 18.8 Å². The van der Waals surface area contributed by atoms with E-state index in [1.54, 1.807) is 6.92 Å². The van der Waals surface area contributed by atoms with E-state index in [9.17, 15) is 18.3 Å². The average molecular weight is 248 g/mol. The van der Waals surface area contributed by atoms with E-state index < -0.39 is 17.3 Å². The number of hydrogen-bond acceptors (Lipinski definition) is 2. The van der Waals surface area contributed by atoms with Gasteiger partial charge in [-0.05, 0) is 24.1 Å². The zero-order chi connectivity index (χ0) is 13.1. The SMILES string of the molecule is CCC(O)(COC)c1ccc(C(F)(F)F)cc1. The Labute approximate surface area is 98.0 Å². The lowest BCUT2D eigenvalue weighted by Crippen LogP contribution is -2.30. The van der Waals surface area contributed by atoms with Crippen LogP contribution in [0.5, 0.6) is 0 Å². The Hall–Kier alpha value is -1.07. The van der Waals surface area contributed by atoms with Crippen molar-refractivity contribution in [3.8, 4) is 0 Å². The van der Waals surface area contributed by atoms with Gasteiger partial charge < -0.3 is 9.84 Å². The Morgan fingerprint density at radius 2 is 1.59 bits per heavy atom. The maximum absolute atomic E-state index is 12.4. The van der Waals surface area contributed by atoms with E-state index in [1.807, 2.05) is 0 Å². The molecule has 0 bridgehead atoms. The quantitative estimate of drug-likeness (QED) is 0.887. The molecule has 2 nitrogen and oxygen atoms in total. The normalized spacial score (nSPS) is 15.6. The van der Waals surface area contributed by atoms with Crippen molar-refractivity contribution in [3.63, 3.8) is 0 Å². The van der Waals surface area contributed by atoms with Gasteiger partial charge in [-0.25, -0.2) is 0 Å². The summed E-state index contributed by atoms with van der Waals surface area (Å²) < 4.78 is 42.0. The highest BCUT2D eigenvalue weighted by Gasteiger charge is 2.32. The fourth-order valence-electron chi connectivity index (χ4n) is 1.60. The molecule has 0 aliphatic rings. The van der Waals surface area contributed by atoms with Crippen molar-refractivity contribution < 1.29 is 23.0 Å². The van der Waals surface area contributed by atoms with Gasteiger partial charge in [0, 0.05) is 7.11 Å². The van der Waals surface area contributed by atoms with Gasteiger partial charge >= 0.3 is 6.18 Å². The van der Waals surface area contributed by atoms with Gasteiger partial charge in [-0.15, -0.1) is 0 Å². The van der Waals surface area contributed by atoms with Crippen LogP contribution in [0.4, 0.5) is 13.2 Å². The van der Waals surface area contributed by atoms with E-state index >= 15 is 0 Å². The third kappa shape index (κ3) is 3.20. The smallest absolute Gasteiger partial charge is 0.383 e. The molecule has 1 unspecified atom stereocenters. The lowest BCUT2D eigenvalue weighted by atomic mass is 9.91. The van der Waals surface area contributed by atoms with Crippen molar-refractivity contribution in [2.24, 2.45) is 0 Å². The van der Waals surface area contributed by atoms with Crippen molar-refractivity contribution in [1.82, 2.24) is 0 Å². The van der Waals surface area contributed by atoms with Crippen LogP contribution in [0, 0.1) is 0 Å². The zero-order valence-electron chi connectivity index (χ0n) is 9.71. The van der Waals surface area contributed by atoms with Crippen molar-refractivity contribution in [1.29, 1.82) is 0 Å². The first kappa shape index (κ1) is 14.0. The summed E-state index contributed by atoms with van der Waals surface area (Å²) in [5.41, 5.74) is -1.54. The Morgan fingerprint density at radius 3 is 1.94 bits per heavy atom. The summed E-state index contributed by atoms with van der Waals surface area (Å²) >= 11 is 0. The number of rotatable bonds is 4. The highest BCUT2D eigenvalue weighted by atomic mass is 19.4. The summed E-state index contributed by atoms with van der Waals surface area (Å²) in [5, 5.41) is 10.2. The number of benzene rings is 1. The Balaban J connectivity index is 3.01. The molecule has 0 spiro atoms. The molecule has 1 aromatic rings. The van der Waals surface area contributed by atoms with E-state index in [0.717, 1.165) is 12.1 Å². The maximum Gasteiger partial charge on any atom is 0.416 e. The van der Waals surface area contributed by atoms with Crippen LogP contribution in [0.2, 0.25) is 0 Å². The van der Waals surface area contributed by atoms with Crippen molar-refractivity contribution in [2.45, 2.75) is 25.1 Å². The molecular formula is C12H15F3O2. The topological polar surface area (TPSA) is 29.5 Å². The number of methoxy groups -OCH3 is 1. The summed E-state index contributed by atoms with van der Waals surface area (Å²) in [4.78, 5) is 0. The highest BCUT2D eigenvalue weighted by Crippen LogP contribution is 2.32. The van der Waals surface area contributed by atoms with Gasteiger partial charge in [0.1, 0.15) is 5.60 Å². The zero-order valence-corrected chi connectivity index (χ0v) is 9.71. The number of ether oxygens (including phenoxy) is 1. The number of hydrogen-bond donors (Lipinski definition) is 1. The monoisotopic (exact) mass is 248 g/mol. The second-order valence-corrected chi connectivity index (χ2v) is 3.89. The van der Waals surface area contributed by atoms with Gasteiger partial charge in [0.05, 0.1) is 12.2 Å². The molecule has 0 aliphatic carbocycles. The van der Waals surface area contributed by atoms with E-state index in [4.69, 9.17) is 4.74 Å². The van der Waals surface area contributed by atoms with Gasteiger partial charge in [0.25, 0.3) is 0 Å². The summed E-state index contributed by atoms with van der Waals surface area (Å²) in [5.74, 6) is 0. The van der Waals surface area contributed by atoms with Crippen LogP contribution in [0.3, 0.4) is 0 Å². The predicted octanol–water partition coefficient (Wildman–Crippen LogP) is 2.95. The largest absolute Gasteiger partial charge is 0.416 e. The minimum Gasteiger partial charge on any atom is -0.383 e. The van der Waals surface area contributed by atoms with Crippen LogP contribution in [0.25, 0.3) is 0 Å². The number of aliphatic hydroxyl groups is 1. The fourth-order valence-corrected chi connectivity index (χ4v) is 1.60. The molecule has 17 heavy (non-hydrogen) atoms. The number of halogens is 3. The Morgan fingerprint density at radius 1 is 1.12 bits per heavy atom. The highest BCUT2D eigenvalue weighted by molar-refractivity contribution is 5.28. The minimum atomic E-state index is -4.36. The molecule has 1 rings (SSSR count). The van der Waals surface area contributed by atoms with E-state index in [0.29, 0.717) is 12.0 Å². The van der Waals surface area contributed by atoms with Crippen LogP contribution in [-0.2, 0) is 16.5 Å². The second-order valence-electron chi connectivity index (χ2n) is 3.89. The van der Waals surface area contributed by atoms with Crippen LogP contribution in [0.15, 0.2) is 24.3 Å². The second kappa shape index (κ2) is 5.06. The van der Waals surface area contributed by atoms with Crippen LogP contribution >= 0.6 is 0 Å². The molecule has 0 saturated carbocycles. The minimum absolute atomic E-state index is 0.0505. The molecule has 5 heteroatoms. The summed E-state index contributed by atoms with van der Waals surface area (Å²) in [7, 11) is 1.44. The summed E-state index contributed by atoms with van der Waals surface area (Å²) in [6.45, 7) is 1.80. The molecule has 1 N–H and O–H groups in total. The van der Waals surface area contributed by atoms with Gasteiger partial charge in [-0.2, -0.15) is 13.2 Å². The number of alkyl halides is 3. The fraction of sp³-hybridized carbons (Fsp3) is 0.500. The molecule has 0 fully saturated rings. The molecule has 0 saturated heterocycles. The predicted molar refractivity (Wildman–Crippen MR) is 57.5 cm³/mol. The molecule has 0 amide bonds. The van der Waals surface area contributed by atoms with E-state index in [2.05, 4.69) is 0 Å². The van der Waals surface area contributed by atoms with Gasteiger partial charge in [0.2, 0.25) is 0 Å². The van der Waals surface area contributed by atoms with Crippen LogP contribution in [0.1, 0.15) is 24.5 Å². The van der Waals surface area contributed by atoms with Gasteiger partial charge in [-0.1, -0.05) is 19.1 Å². The maximum atomic E-state index is 12.4. The molecule has 0 aromatic heterocycles. The third-order valence-electron chi connectivity index (χ3n) is 2.72. The standard InChI is InChI=1S/C12H15F3O2/c1-3-11(16,8-17-2)9-4-6-10(7-5-9)12(13,14)15/h4-7,16H,3,8H2,1-2H3. The van der Waals surface area contributed by atoms with Crippen molar-refractivity contribution in [2.75, 3.05) is 13.7 Å². The first-order valence-corrected chi connectivity index (χ1v) is 5.22. The molecule has 0 heterocycles. The van der Waals surface area contributed by atoms with E-state index in [-0.39, 0.29) is 6.61 Å². The van der Waals surface area contributed by atoms with Gasteiger partial charge in [0.15, 0.2) is 0 Å². The van der Waals surface area contributed by atoms with E-state index in [1.165, 1.54) is 19.2 Å². The lowest BCUT2D eigenvalue weighted by Gasteiger charge is -2.26.